The molecule has 1 aliphatic rings. The van der Waals surface area contributed by atoms with Gasteiger partial charge in [-0.3, -0.25) is 9.89 Å². The molecule has 0 saturated carbocycles. The standard InChI is InChI=1S/C21H18F3N3O3/c1-29-18-8-13(15-9-19(28)26-20-16(15)10-25-27-20)5-6-17(18)30-11-12-3-2-4-14(7-12)21(22,23)24/h2-8,10,15H,9,11H2,1H3,(H2,25,26,27,28). The summed E-state index contributed by atoms with van der Waals surface area (Å²) in [6, 6.07) is 10.3. The van der Waals surface area contributed by atoms with E-state index in [0.717, 1.165) is 23.3 Å². The average Bonchev–Trinajstić information content (AvgIpc) is 3.19. The molecule has 0 saturated heterocycles. The van der Waals surface area contributed by atoms with Gasteiger partial charge in [-0.25, -0.2) is 0 Å². The van der Waals surface area contributed by atoms with Crippen LogP contribution in [0.25, 0.3) is 0 Å². The number of ether oxygens (including phenoxy) is 2. The molecule has 30 heavy (non-hydrogen) atoms. The third-order valence-electron chi connectivity index (χ3n) is 4.93. The fraction of sp³-hybridized carbons (Fsp3) is 0.238. The topological polar surface area (TPSA) is 76.2 Å². The van der Waals surface area contributed by atoms with Gasteiger partial charge in [-0.1, -0.05) is 18.2 Å². The van der Waals surface area contributed by atoms with Crippen LogP contribution in [-0.4, -0.2) is 23.2 Å². The number of hydrogen-bond donors (Lipinski definition) is 2. The third-order valence-corrected chi connectivity index (χ3v) is 4.93. The van der Waals surface area contributed by atoms with Crippen molar-refractivity contribution in [3.8, 4) is 11.5 Å². The molecule has 2 heterocycles. The summed E-state index contributed by atoms with van der Waals surface area (Å²) in [6.45, 7) is -0.0443. The smallest absolute Gasteiger partial charge is 0.416 e. The Labute approximate surface area is 170 Å². The maximum atomic E-state index is 12.9. The fourth-order valence-electron chi connectivity index (χ4n) is 3.46. The lowest BCUT2D eigenvalue weighted by Crippen LogP contribution is -2.23. The van der Waals surface area contributed by atoms with Crippen LogP contribution in [0.5, 0.6) is 11.5 Å². The first kappa shape index (κ1) is 19.8. The second kappa shape index (κ2) is 7.74. The van der Waals surface area contributed by atoms with Gasteiger partial charge in [0.25, 0.3) is 0 Å². The van der Waals surface area contributed by atoms with Crippen LogP contribution >= 0.6 is 0 Å². The summed E-state index contributed by atoms with van der Waals surface area (Å²) in [5.74, 6) is 0.990. The number of hydrogen-bond acceptors (Lipinski definition) is 4. The van der Waals surface area contributed by atoms with Crippen molar-refractivity contribution in [1.29, 1.82) is 0 Å². The molecule has 156 valence electrons. The predicted molar refractivity (Wildman–Crippen MR) is 102 cm³/mol. The van der Waals surface area contributed by atoms with Gasteiger partial charge in [0.05, 0.1) is 12.7 Å². The average molecular weight is 417 g/mol. The molecule has 6 nitrogen and oxygen atoms in total. The van der Waals surface area contributed by atoms with Crippen molar-refractivity contribution in [2.24, 2.45) is 0 Å². The van der Waals surface area contributed by atoms with Crippen molar-refractivity contribution in [3.05, 3.63) is 70.9 Å². The first-order valence-electron chi connectivity index (χ1n) is 9.15. The van der Waals surface area contributed by atoms with Gasteiger partial charge in [0.2, 0.25) is 5.91 Å². The molecule has 2 N–H and O–H groups in total. The normalized spacial score (nSPS) is 16.0. The Morgan fingerprint density at radius 2 is 2.00 bits per heavy atom. The number of fused-ring (bicyclic) bond motifs is 1. The summed E-state index contributed by atoms with van der Waals surface area (Å²) < 4.78 is 49.8. The van der Waals surface area contributed by atoms with Gasteiger partial charge >= 0.3 is 6.18 Å². The highest BCUT2D eigenvalue weighted by atomic mass is 19.4. The minimum absolute atomic E-state index is 0.0443. The zero-order valence-corrected chi connectivity index (χ0v) is 15.9. The van der Waals surface area contributed by atoms with Crippen LogP contribution in [0.1, 0.15) is 34.6 Å². The van der Waals surface area contributed by atoms with Crippen LogP contribution in [0.2, 0.25) is 0 Å². The Balaban J connectivity index is 1.55. The quantitative estimate of drug-likeness (QED) is 0.641. The van der Waals surface area contributed by atoms with Crippen molar-refractivity contribution < 1.29 is 27.4 Å². The number of rotatable bonds is 5. The number of aromatic nitrogens is 2. The van der Waals surface area contributed by atoms with Gasteiger partial charge in [-0.2, -0.15) is 18.3 Å². The predicted octanol–water partition coefficient (Wildman–Crippen LogP) is 4.49. The highest BCUT2D eigenvalue weighted by Gasteiger charge is 2.31. The molecule has 1 amide bonds. The SMILES string of the molecule is COc1cc(C2CC(=O)Nc3n[nH]cc32)ccc1OCc1cccc(C(F)(F)F)c1. The van der Waals surface area contributed by atoms with Crippen molar-refractivity contribution in [3.63, 3.8) is 0 Å². The first-order valence-corrected chi connectivity index (χ1v) is 9.15. The van der Waals surface area contributed by atoms with E-state index in [-0.39, 0.29) is 24.9 Å². The van der Waals surface area contributed by atoms with Crippen LogP contribution in [0.4, 0.5) is 19.0 Å². The maximum Gasteiger partial charge on any atom is 0.416 e. The number of methoxy groups -OCH3 is 1. The second-order valence-electron chi connectivity index (χ2n) is 6.89. The summed E-state index contributed by atoms with van der Waals surface area (Å²) in [5, 5.41) is 9.51. The number of nitrogens with one attached hydrogen (secondary N) is 2. The van der Waals surface area contributed by atoms with Gasteiger partial charge in [-0.15, -0.1) is 0 Å². The van der Waals surface area contributed by atoms with E-state index in [4.69, 9.17) is 9.47 Å². The lowest BCUT2D eigenvalue weighted by Gasteiger charge is -2.23. The summed E-state index contributed by atoms with van der Waals surface area (Å²) in [5.41, 5.74) is 1.38. The number of H-pyrrole nitrogens is 1. The molecule has 1 atom stereocenters. The summed E-state index contributed by atoms with van der Waals surface area (Å²) in [7, 11) is 1.48. The molecule has 9 heteroatoms. The molecule has 0 aliphatic carbocycles. The molecule has 0 spiro atoms. The largest absolute Gasteiger partial charge is 0.493 e. The fourth-order valence-corrected chi connectivity index (χ4v) is 3.46. The molecule has 2 aromatic carbocycles. The number of carbonyl (C=O) groups is 1. The Kier molecular flexibility index (Phi) is 5.11. The highest BCUT2D eigenvalue weighted by molar-refractivity contribution is 5.94. The van der Waals surface area contributed by atoms with E-state index in [2.05, 4.69) is 15.5 Å². The molecule has 0 fully saturated rings. The highest BCUT2D eigenvalue weighted by Crippen LogP contribution is 2.39. The minimum atomic E-state index is -4.41. The first-order chi connectivity index (χ1) is 14.3. The zero-order valence-electron chi connectivity index (χ0n) is 15.9. The van der Waals surface area contributed by atoms with E-state index in [0.29, 0.717) is 22.9 Å². The Morgan fingerprint density at radius 3 is 2.77 bits per heavy atom. The van der Waals surface area contributed by atoms with Crippen LogP contribution in [0.15, 0.2) is 48.7 Å². The monoisotopic (exact) mass is 417 g/mol. The Morgan fingerprint density at radius 1 is 1.17 bits per heavy atom. The maximum absolute atomic E-state index is 12.9. The number of nitrogens with zero attached hydrogens (tertiary/aromatic N) is 1. The van der Waals surface area contributed by atoms with E-state index < -0.39 is 11.7 Å². The van der Waals surface area contributed by atoms with Gasteiger partial charge in [0, 0.05) is 24.1 Å². The van der Waals surface area contributed by atoms with Crippen molar-refractivity contribution in [2.45, 2.75) is 25.1 Å². The molecule has 0 bridgehead atoms. The van der Waals surface area contributed by atoms with Crippen LogP contribution in [0.3, 0.4) is 0 Å². The number of carbonyl (C=O) groups excluding carboxylic acids is 1. The third kappa shape index (κ3) is 3.96. The number of amides is 1. The molecular formula is C21H18F3N3O3. The number of aromatic amines is 1. The van der Waals surface area contributed by atoms with Gasteiger partial charge in [0.1, 0.15) is 6.61 Å². The van der Waals surface area contributed by atoms with Crippen LogP contribution < -0.4 is 14.8 Å². The van der Waals surface area contributed by atoms with Gasteiger partial charge in [-0.05, 0) is 35.4 Å². The number of halogens is 3. The van der Waals surface area contributed by atoms with E-state index in [1.807, 2.05) is 6.07 Å². The number of anilines is 1. The number of benzene rings is 2. The van der Waals surface area contributed by atoms with Gasteiger partial charge in [0.15, 0.2) is 17.3 Å². The zero-order chi connectivity index (χ0) is 21.3. The molecule has 4 rings (SSSR count). The molecule has 1 aromatic heterocycles. The minimum Gasteiger partial charge on any atom is -0.493 e. The van der Waals surface area contributed by atoms with E-state index in [1.54, 1.807) is 24.4 Å². The molecule has 1 aliphatic heterocycles. The van der Waals surface area contributed by atoms with E-state index >= 15 is 0 Å². The van der Waals surface area contributed by atoms with E-state index in [1.165, 1.54) is 13.2 Å². The van der Waals surface area contributed by atoms with E-state index in [9.17, 15) is 18.0 Å². The molecule has 3 aromatic rings. The van der Waals surface area contributed by atoms with Crippen LogP contribution in [-0.2, 0) is 17.6 Å². The number of alkyl halides is 3. The van der Waals surface area contributed by atoms with Crippen molar-refractivity contribution >= 4 is 11.7 Å². The van der Waals surface area contributed by atoms with Gasteiger partial charge < -0.3 is 14.8 Å². The molecule has 1 unspecified atom stereocenters. The summed E-state index contributed by atoms with van der Waals surface area (Å²) in [4.78, 5) is 12.0. The second-order valence-corrected chi connectivity index (χ2v) is 6.89. The van der Waals surface area contributed by atoms with Crippen LogP contribution in [0, 0.1) is 0 Å². The Bertz CT molecular complexity index is 1080. The summed E-state index contributed by atoms with van der Waals surface area (Å²) >= 11 is 0. The van der Waals surface area contributed by atoms with Crippen molar-refractivity contribution in [2.75, 3.05) is 12.4 Å². The lowest BCUT2D eigenvalue weighted by molar-refractivity contribution is -0.137. The lowest BCUT2D eigenvalue weighted by atomic mass is 9.87. The Hall–Kier alpha value is -3.49. The summed E-state index contributed by atoms with van der Waals surface area (Å²) in [6.07, 6.45) is -2.41. The van der Waals surface area contributed by atoms with Crippen molar-refractivity contribution in [1.82, 2.24) is 10.2 Å². The molecule has 0 radical (unpaired) electrons. The molecular weight excluding hydrogens is 399 g/mol.